The molecule has 19 heteroatoms. The Morgan fingerprint density at radius 3 is 1.30 bits per heavy atom. The number of hydrogen-bond acceptors (Lipinski definition) is 18. The van der Waals surface area contributed by atoms with Crippen LogP contribution in [0.5, 0.6) is 0 Å². The van der Waals surface area contributed by atoms with E-state index in [0.29, 0.717) is 12.8 Å². The minimum absolute atomic E-state index is 0.233. The highest BCUT2D eigenvalue weighted by molar-refractivity contribution is 5.76. The van der Waals surface area contributed by atoms with E-state index in [9.17, 15) is 61.0 Å². The zero-order chi connectivity index (χ0) is 62.6. The lowest BCUT2D eigenvalue weighted by Gasteiger charge is -2.48. The summed E-state index contributed by atoms with van der Waals surface area (Å²) in [4.78, 5) is 13.4. The Bertz CT molecular complexity index is 1850. The molecule has 86 heavy (non-hydrogen) atoms. The number of ether oxygens (including phenoxy) is 6. The van der Waals surface area contributed by atoms with Crippen LogP contribution >= 0.6 is 0 Å². The molecule has 12 N–H and O–H groups in total. The SMILES string of the molecule is CC/C=C\C/C=C\C/C=C\C/C=C\CCCCCCCCCCCCCCCCCCC(=O)NC(COC1OC(CO)C(OC2OC(CO)C(OC3OC(CO)C(O)C(O)C3O)C(O)C2O)C(O)C1O)C(O)/C=C/CC/C=C/CCCCCCCC. The molecule has 0 saturated carbocycles. The van der Waals surface area contributed by atoms with Crippen LogP contribution in [0.1, 0.15) is 213 Å². The molecule has 17 atom stereocenters. The summed E-state index contributed by atoms with van der Waals surface area (Å²) in [6.45, 7) is 1.57. The molecule has 3 fully saturated rings. The molecule has 0 spiro atoms. The molecule has 0 bridgehead atoms. The second-order valence-corrected chi connectivity index (χ2v) is 23.5. The predicted molar refractivity (Wildman–Crippen MR) is 332 cm³/mol. The largest absolute Gasteiger partial charge is 0.394 e. The Morgan fingerprint density at radius 2 is 0.814 bits per heavy atom. The fourth-order valence-corrected chi connectivity index (χ4v) is 10.8. The van der Waals surface area contributed by atoms with E-state index >= 15 is 0 Å². The van der Waals surface area contributed by atoms with Crippen LogP contribution in [0.3, 0.4) is 0 Å². The highest BCUT2D eigenvalue weighted by Gasteiger charge is 2.53. The van der Waals surface area contributed by atoms with Gasteiger partial charge < -0.3 is 89.9 Å². The molecule has 0 radical (unpaired) electrons. The predicted octanol–water partition coefficient (Wildman–Crippen LogP) is 7.77. The minimum atomic E-state index is -1.98. The summed E-state index contributed by atoms with van der Waals surface area (Å²) in [5, 5.41) is 120. The molecule has 17 unspecified atom stereocenters. The fourth-order valence-electron chi connectivity index (χ4n) is 10.8. The van der Waals surface area contributed by atoms with Crippen molar-refractivity contribution in [2.24, 2.45) is 0 Å². The number of rotatable bonds is 49. The quantitative estimate of drug-likeness (QED) is 0.0204. The zero-order valence-corrected chi connectivity index (χ0v) is 52.3. The summed E-state index contributed by atoms with van der Waals surface area (Å²) >= 11 is 0. The van der Waals surface area contributed by atoms with Crippen molar-refractivity contribution in [3.63, 3.8) is 0 Å². The number of aliphatic hydroxyl groups is 11. The fraction of sp³-hybridized carbons (Fsp3) is 0.806. The molecule has 0 aliphatic carbocycles. The maximum absolute atomic E-state index is 13.4. The van der Waals surface area contributed by atoms with Gasteiger partial charge in [0.25, 0.3) is 0 Å². The van der Waals surface area contributed by atoms with Crippen molar-refractivity contribution in [3.05, 3.63) is 72.9 Å². The van der Waals surface area contributed by atoms with E-state index in [1.165, 1.54) is 116 Å². The van der Waals surface area contributed by atoms with Crippen molar-refractivity contribution < 1.29 is 89.4 Å². The molecule has 3 saturated heterocycles. The summed E-state index contributed by atoms with van der Waals surface area (Å²) in [6.07, 6.45) is 33.3. The minimum Gasteiger partial charge on any atom is -0.394 e. The number of aliphatic hydroxyl groups excluding tert-OH is 11. The number of amides is 1. The van der Waals surface area contributed by atoms with Gasteiger partial charge in [0.15, 0.2) is 18.9 Å². The third-order valence-electron chi connectivity index (χ3n) is 16.2. The smallest absolute Gasteiger partial charge is 0.220 e. The maximum Gasteiger partial charge on any atom is 0.220 e. The third kappa shape index (κ3) is 31.3. The zero-order valence-electron chi connectivity index (χ0n) is 52.3. The molecule has 0 aromatic heterocycles. The van der Waals surface area contributed by atoms with Crippen molar-refractivity contribution >= 4 is 5.91 Å². The van der Waals surface area contributed by atoms with E-state index in [0.717, 1.165) is 64.2 Å². The average molecular weight is 1220 g/mol. The third-order valence-corrected chi connectivity index (χ3v) is 16.2. The van der Waals surface area contributed by atoms with Gasteiger partial charge in [0.2, 0.25) is 5.91 Å². The highest BCUT2D eigenvalue weighted by Crippen LogP contribution is 2.33. The second kappa shape index (κ2) is 49.0. The molecule has 0 aromatic carbocycles. The van der Waals surface area contributed by atoms with Gasteiger partial charge in [-0.2, -0.15) is 0 Å². The first kappa shape index (κ1) is 77.5. The molecule has 3 rings (SSSR count). The lowest BCUT2D eigenvalue weighted by atomic mass is 9.96. The number of allylic oxidation sites excluding steroid dienone is 11. The van der Waals surface area contributed by atoms with Gasteiger partial charge in [-0.25, -0.2) is 0 Å². The summed E-state index contributed by atoms with van der Waals surface area (Å²) < 4.78 is 34.2. The first-order valence-corrected chi connectivity index (χ1v) is 33.2. The van der Waals surface area contributed by atoms with Gasteiger partial charge in [0.05, 0.1) is 38.6 Å². The van der Waals surface area contributed by atoms with Crippen LogP contribution in [0.25, 0.3) is 0 Å². The summed E-state index contributed by atoms with van der Waals surface area (Å²) in [5.41, 5.74) is 0. The molecular weight excluding hydrogens is 1110 g/mol. The van der Waals surface area contributed by atoms with Gasteiger partial charge in [0, 0.05) is 6.42 Å². The number of hydrogen-bond donors (Lipinski definition) is 12. The van der Waals surface area contributed by atoms with Crippen molar-refractivity contribution in [1.82, 2.24) is 5.32 Å². The van der Waals surface area contributed by atoms with Crippen molar-refractivity contribution in [3.8, 4) is 0 Å². The van der Waals surface area contributed by atoms with Gasteiger partial charge in [-0.3, -0.25) is 4.79 Å². The first-order chi connectivity index (χ1) is 41.8. The van der Waals surface area contributed by atoms with Crippen LogP contribution in [-0.4, -0.2) is 193 Å². The molecule has 0 aromatic rings. The second-order valence-electron chi connectivity index (χ2n) is 23.5. The topological polar surface area (TPSA) is 307 Å². The van der Waals surface area contributed by atoms with Crippen molar-refractivity contribution in [2.75, 3.05) is 26.4 Å². The number of carbonyl (C=O) groups excluding carboxylic acids is 1. The van der Waals surface area contributed by atoms with E-state index in [2.05, 4.69) is 79.9 Å². The molecule has 3 aliphatic rings. The molecule has 3 heterocycles. The Labute approximate surface area is 515 Å². The van der Waals surface area contributed by atoms with E-state index in [4.69, 9.17) is 28.4 Å². The van der Waals surface area contributed by atoms with Crippen LogP contribution in [0, 0.1) is 0 Å². The lowest BCUT2D eigenvalue weighted by molar-refractivity contribution is -0.379. The van der Waals surface area contributed by atoms with Gasteiger partial charge >= 0.3 is 0 Å². The summed E-state index contributed by atoms with van der Waals surface area (Å²) in [5.74, 6) is -0.288. The number of nitrogens with one attached hydrogen (secondary N) is 1. The van der Waals surface area contributed by atoms with Crippen molar-refractivity contribution in [2.45, 2.75) is 317 Å². The van der Waals surface area contributed by atoms with E-state index in [1.807, 2.05) is 6.08 Å². The first-order valence-electron chi connectivity index (χ1n) is 33.2. The molecule has 19 nitrogen and oxygen atoms in total. The van der Waals surface area contributed by atoms with E-state index in [-0.39, 0.29) is 18.9 Å². The highest BCUT2D eigenvalue weighted by atomic mass is 16.8. The van der Waals surface area contributed by atoms with Crippen LogP contribution in [0.4, 0.5) is 0 Å². The normalized spacial score (nSPS) is 29.2. The number of unbranched alkanes of at least 4 members (excludes halogenated alkanes) is 23. The van der Waals surface area contributed by atoms with Crippen LogP contribution < -0.4 is 5.32 Å². The molecular formula is C67H117NO18. The van der Waals surface area contributed by atoms with Gasteiger partial charge in [-0.1, -0.05) is 209 Å². The van der Waals surface area contributed by atoms with E-state index in [1.54, 1.807) is 6.08 Å². The maximum atomic E-state index is 13.4. The molecule has 498 valence electrons. The molecule has 3 aliphatic heterocycles. The average Bonchev–Trinajstić information content (AvgIpc) is 2.62. The van der Waals surface area contributed by atoms with Gasteiger partial charge in [-0.05, 0) is 70.6 Å². The Morgan fingerprint density at radius 1 is 0.430 bits per heavy atom. The standard InChI is InChI=1S/C67H117NO18/c1-3-5-7-9-11-13-15-17-18-19-20-21-22-23-24-25-26-27-28-29-30-31-32-33-35-37-39-41-43-45-55(73)68-50(51(72)44-42-40-38-36-34-16-14-12-10-8-6-4-2)49-81-65-61(79)58(76)63(53(47-70)83-65)86-67-62(80)59(77)64(54(48-71)84-67)85-66-60(78)57(75)56(74)52(46-69)82-66/h5,7,11,13,17-18,20-21,34,36,42,44,50-54,56-67,69-72,74-80H,3-4,6,8-10,12,14-16,19,22-33,35,37-41,43,45-49H2,1-2H3,(H,68,73)/b7-5-,13-11-,18-17-,21-20-,36-34+,44-42+. The summed E-state index contributed by atoms with van der Waals surface area (Å²) in [6, 6.07) is -0.991. The van der Waals surface area contributed by atoms with Crippen LogP contribution in [-0.2, 0) is 33.2 Å². The van der Waals surface area contributed by atoms with Crippen LogP contribution in [0.2, 0.25) is 0 Å². The Hall–Kier alpha value is -2.77. The van der Waals surface area contributed by atoms with Gasteiger partial charge in [-0.15, -0.1) is 0 Å². The monoisotopic (exact) mass is 1220 g/mol. The Kier molecular flexibility index (Phi) is 44.1. The number of carbonyl (C=O) groups is 1. The van der Waals surface area contributed by atoms with Gasteiger partial charge in [0.1, 0.15) is 73.2 Å². The van der Waals surface area contributed by atoms with Crippen LogP contribution in [0.15, 0.2) is 72.9 Å². The lowest BCUT2D eigenvalue weighted by Crippen LogP contribution is -2.66. The van der Waals surface area contributed by atoms with E-state index < -0.39 is 124 Å². The summed E-state index contributed by atoms with van der Waals surface area (Å²) in [7, 11) is 0. The molecule has 1 amide bonds. The van der Waals surface area contributed by atoms with Crippen molar-refractivity contribution in [1.29, 1.82) is 0 Å². The Balaban J connectivity index is 1.40.